The van der Waals surface area contributed by atoms with Gasteiger partial charge in [0.1, 0.15) is 0 Å². The standard InChI is InChI=1S/C15H29N5OS.HI/c1-3-16-15(17-6-7-20-8-10-22-11-9-20)18-13-4-5-14(21)19(2)12-13;/h13H,3-12H2,1-2H3,(H2,16,17,18);1H. The third kappa shape index (κ3) is 7.47. The molecular formula is C15H30IN5OS. The minimum atomic E-state index is 0. The van der Waals surface area contributed by atoms with E-state index in [4.69, 9.17) is 0 Å². The maximum atomic E-state index is 11.5. The van der Waals surface area contributed by atoms with Gasteiger partial charge in [-0.15, -0.1) is 24.0 Å². The highest BCUT2D eigenvalue weighted by molar-refractivity contribution is 14.0. The van der Waals surface area contributed by atoms with Crippen molar-refractivity contribution in [2.45, 2.75) is 25.8 Å². The van der Waals surface area contributed by atoms with Gasteiger partial charge in [0.15, 0.2) is 5.96 Å². The molecule has 0 bridgehead atoms. The second kappa shape index (κ2) is 11.4. The van der Waals surface area contributed by atoms with Crippen LogP contribution in [0, 0.1) is 0 Å². The molecule has 2 aliphatic rings. The number of hydrogen-bond acceptors (Lipinski definition) is 4. The summed E-state index contributed by atoms with van der Waals surface area (Å²) in [6.07, 6.45) is 1.51. The molecule has 0 radical (unpaired) electrons. The Kier molecular flexibility index (Phi) is 10.3. The summed E-state index contributed by atoms with van der Waals surface area (Å²) in [6, 6.07) is 0.298. The van der Waals surface area contributed by atoms with Gasteiger partial charge in [0.25, 0.3) is 0 Å². The normalized spacial score (nSPS) is 23.4. The number of halogens is 1. The summed E-state index contributed by atoms with van der Waals surface area (Å²) in [6.45, 7) is 7.90. The molecule has 2 heterocycles. The third-order valence-electron chi connectivity index (χ3n) is 4.10. The van der Waals surface area contributed by atoms with Crippen LogP contribution in [0.25, 0.3) is 0 Å². The van der Waals surface area contributed by atoms with E-state index < -0.39 is 0 Å². The van der Waals surface area contributed by atoms with E-state index in [-0.39, 0.29) is 29.9 Å². The highest BCUT2D eigenvalue weighted by Crippen LogP contribution is 2.10. The smallest absolute Gasteiger partial charge is 0.222 e. The van der Waals surface area contributed by atoms with Crippen LogP contribution in [0.1, 0.15) is 19.8 Å². The van der Waals surface area contributed by atoms with Crippen LogP contribution in [0.3, 0.4) is 0 Å². The van der Waals surface area contributed by atoms with Crippen molar-refractivity contribution in [3.63, 3.8) is 0 Å². The number of piperidine rings is 1. The van der Waals surface area contributed by atoms with Gasteiger partial charge in [-0.2, -0.15) is 11.8 Å². The van der Waals surface area contributed by atoms with Crippen molar-refractivity contribution in [2.75, 3.05) is 57.8 Å². The van der Waals surface area contributed by atoms with Crippen LogP contribution in [-0.4, -0.2) is 85.5 Å². The van der Waals surface area contributed by atoms with Gasteiger partial charge < -0.3 is 15.5 Å². The molecule has 1 amide bonds. The number of nitrogens with zero attached hydrogens (tertiary/aromatic N) is 3. The topological polar surface area (TPSA) is 60.0 Å². The molecule has 6 nitrogen and oxygen atoms in total. The van der Waals surface area contributed by atoms with Crippen LogP contribution >= 0.6 is 35.7 Å². The van der Waals surface area contributed by atoms with Crippen LogP contribution in [-0.2, 0) is 4.79 Å². The lowest BCUT2D eigenvalue weighted by Crippen LogP contribution is -2.51. The Hall–Kier alpha value is -0.220. The number of rotatable bonds is 5. The number of hydrogen-bond donors (Lipinski definition) is 2. The third-order valence-corrected chi connectivity index (χ3v) is 5.04. The lowest BCUT2D eigenvalue weighted by atomic mass is 10.1. The molecule has 23 heavy (non-hydrogen) atoms. The molecule has 8 heteroatoms. The van der Waals surface area contributed by atoms with Crippen LogP contribution in [0.15, 0.2) is 4.99 Å². The lowest BCUT2D eigenvalue weighted by molar-refractivity contribution is -0.132. The summed E-state index contributed by atoms with van der Waals surface area (Å²) in [5, 5.41) is 6.77. The summed E-state index contributed by atoms with van der Waals surface area (Å²) >= 11 is 2.04. The Bertz CT molecular complexity index is 390. The van der Waals surface area contributed by atoms with E-state index in [2.05, 4.69) is 27.4 Å². The molecule has 2 N–H and O–H groups in total. The Morgan fingerprint density at radius 1 is 1.39 bits per heavy atom. The number of amides is 1. The fourth-order valence-corrected chi connectivity index (χ4v) is 3.75. The number of likely N-dealkylation sites (tertiary alicyclic amines) is 1. The monoisotopic (exact) mass is 455 g/mol. The van der Waals surface area contributed by atoms with Crippen molar-refractivity contribution >= 4 is 47.6 Å². The van der Waals surface area contributed by atoms with Crippen molar-refractivity contribution in [1.82, 2.24) is 20.4 Å². The van der Waals surface area contributed by atoms with Gasteiger partial charge in [-0.1, -0.05) is 0 Å². The Labute approximate surface area is 161 Å². The molecule has 2 saturated heterocycles. The second-order valence-electron chi connectivity index (χ2n) is 5.87. The summed E-state index contributed by atoms with van der Waals surface area (Å²) < 4.78 is 0. The van der Waals surface area contributed by atoms with Gasteiger partial charge in [0.2, 0.25) is 5.91 Å². The number of likely N-dealkylation sites (N-methyl/N-ethyl adjacent to an activating group) is 1. The molecule has 2 rings (SSSR count). The fraction of sp³-hybridized carbons (Fsp3) is 0.867. The first-order chi connectivity index (χ1) is 10.7. The average Bonchev–Trinajstić information content (AvgIpc) is 2.52. The van der Waals surface area contributed by atoms with E-state index in [9.17, 15) is 4.79 Å². The number of thioether (sulfide) groups is 1. The molecule has 0 aromatic heterocycles. The fourth-order valence-electron chi connectivity index (χ4n) is 2.77. The molecule has 2 aliphatic heterocycles. The number of aliphatic imine (C=N–C) groups is 1. The van der Waals surface area contributed by atoms with Crippen LogP contribution in [0.4, 0.5) is 0 Å². The Balaban J connectivity index is 0.00000264. The van der Waals surface area contributed by atoms with E-state index >= 15 is 0 Å². The van der Waals surface area contributed by atoms with E-state index in [1.807, 2.05) is 18.8 Å². The second-order valence-corrected chi connectivity index (χ2v) is 7.09. The van der Waals surface area contributed by atoms with Crippen molar-refractivity contribution in [2.24, 2.45) is 4.99 Å². The van der Waals surface area contributed by atoms with Crippen molar-refractivity contribution in [3.05, 3.63) is 0 Å². The van der Waals surface area contributed by atoms with Gasteiger partial charge in [-0.25, -0.2) is 0 Å². The molecule has 2 fully saturated rings. The maximum Gasteiger partial charge on any atom is 0.222 e. The molecule has 0 aliphatic carbocycles. The van der Waals surface area contributed by atoms with Gasteiger partial charge in [-0.3, -0.25) is 14.7 Å². The SMILES string of the molecule is CCNC(=NCCN1CCSCC1)NC1CCC(=O)N(C)C1.I. The van der Waals surface area contributed by atoms with Gasteiger partial charge in [0, 0.05) is 63.7 Å². The molecule has 0 aromatic rings. The first-order valence-corrected chi connectivity index (χ1v) is 9.43. The quantitative estimate of drug-likeness (QED) is 0.366. The highest BCUT2D eigenvalue weighted by atomic mass is 127. The summed E-state index contributed by atoms with van der Waals surface area (Å²) in [5.41, 5.74) is 0. The first kappa shape index (κ1) is 20.8. The molecule has 1 atom stereocenters. The molecule has 0 saturated carbocycles. The van der Waals surface area contributed by atoms with Gasteiger partial charge in [0.05, 0.1) is 6.54 Å². The van der Waals surface area contributed by atoms with E-state index in [0.29, 0.717) is 12.5 Å². The Morgan fingerprint density at radius 3 is 2.78 bits per heavy atom. The summed E-state index contributed by atoms with van der Waals surface area (Å²) in [4.78, 5) is 20.5. The first-order valence-electron chi connectivity index (χ1n) is 8.28. The average molecular weight is 455 g/mol. The lowest BCUT2D eigenvalue weighted by Gasteiger charge is -2.31. The van der Waals surface area contributed by atoms with Crippen LogP contribution in [0.2, 0.25) is 0 Å². The number of carbonyl (C=O) groups is 1. The maximum absolute atomic E-state index is 11.5. The Morgan fingerprint density at radius 2 is 2.13 bits per heavy atom. The van der Waals surface area contributed by atoms with Crippen molar-refractivity contribution in [3.8, 4) is 0 Å². The number of guanidine groups is 1. The van der Waals surface area contributed by atoms with Crippen molar-refractivity contribution < 1.29 is 4.79 Å². The van der Waals surface area contributed by atoms with E-state index in [0.717, 1.165) is 38.6 Å². The van der Waals surface area contributed by atoms with E-state index in [1.54, 1.807) is 4.90 Å². The van der Waals surface area contributed by atoms with Crippen LogP contribution < -0.4 is 10.6 Å². The van der Waals surface area contributed by atoms with Gasteiger partial charge in [-0.05, 0) is 13.3 Å². The number of nitrogens with one attached hydrogen (secondary N) is 2. The largest absolute Gasteiger partial charge is 0.357 e. The summed E-state index contributed by atoms with van der Waals surface area (Å²) in [7, 11) is 1.87. The van der Waals surface area contributed by atoms with Crippen molar-refractivity contribution in [1.29, 1.82) is 0 Å². The predicted molar refractivity (Wildman–Crippen MR) is 109 cm³/mol. The predicted octanol–water partition coefficient (Wildman–Crippen LogP) is 0.829. The zero-order valence-corrected chi connectivity index (χ0v) is 17.4. The van der Waals surface area contributed by atoms with E-state index in [1.165, 1.54) is 24.6 Å². The minimum Gasteiger partial charge on any atom is -0.357 e. The summed E-state index contributed by atoms with van der Waals surface area (Å²) in [5.74, 6) is 3.60. The molecule has 0 spiro atoms. The minimum absolute atomic E-state index is 0. The van der Waals surface area contributed by atoms with Gasteiger partial charge >= 0.3 is 0 Å². The molecule has 134 valence electrons. The molecular weight excluding hydrogens is 425 g/mol. The van der Waals surface area contributed by atoms with Crippen LogP contribution in [0.5, 0.6) is 0 Å². The zero-order valence-electron chi connectivity index (χ0n) is 14.2. The highest BCUT2D eigenvalue weighted by Gasteiger charge is 2.23. The molecule has 1 unspecified atom stereocenters. The molecule has 0 aromatic carbocycles. The zero-order chi connectivity index (χ0) is 15.8. The number of carbonyl (C=O) groups excluding carboxylic acids is 1.